The maximum atomic E-state index is 12.9. The van der Waals surface area contributed by atoms with Crippen LogP contribution in [0, 0.1) is 0 Å². The molecule has 0 aliphatic carbocycles. The lowest BCUT2D eigenvalue weighted by molar-refractivity contribution is 0.102. The third-order valence-corrected chi connectivity index (χ3v) is 6.59. The highest BCUT2D eigenvalue weighted by atomic mass is 32.1. The molecule has 0 radical (unpaired) electrons. The van der Waals surface area contributed by atoms with E-state index in [1.54, 1.807) is 13.3 Å². The van der Waals surface area contributed by atoms with E-state index in [1.165, 1.54) is 11.3 Å². The van der Waals surface area contributed by atoms with Gasteiger partial charge in [-0.25, -0.2) is 9.97 Å². The monoisotopic (exact) mass is 455 g/mol. The molecule has 1 aromatic carbocycles. The number of hydrogen-bond donors (Lipinski definition) is 1. The minimum atomic E-state index is -0.197. The van der Waals surface area contributed by atoms with Crippen LogP contribution in [0.2, 0.25) is 0 Å². The molecule has 0 unspecified atom stereocenters. The summed E-state index contributed by atoms with van der Waals surface area (Å²) in [5, 5.41) is 3.45. The Bertz CT molecular complexity index is 1090. The second kappa shape index (κ2) is 9.27. The van der Waals surface area contributed by atoms with Crippen molar-refractivity contribution in [2.75, 3.05) is 74.8 Å². The number of hydrogen-bond acceptors (Lipinski definition) is 9. The van der Waals surface area contributed by atoms with Crippen molar-refractivity contribution in [2.45, 2.75) is 0 Å². The summed E-state index contributed by atoms with van der Waals surface area (Å²) in [7, 11) is 1.60. The summed E-state index contributed by atoms with van der Waals surface area (Å²) < 4.78 is 17.2. The van der Waals surface area contributed by atoms with Gasteiger partial charge in [0.15, 0.2) is 10.9 Å². The molecule has 0 saturated carbocycles. The molecular formula is C22H25N5O4S. The van der Waals surface area contributed by atoms with E-state index in [9.17, 15) is 4.79 Å². The van der Waals surface area contributed by atoms with Crippen LogP contribution in [0.4, 0.5) is 16.6 Å². The first-order valence-corrected chi connectivity index (χ1v) is 11.4. The van der Waals surface area contributed by atoms with Crippen molar-refractivity contribution in [3.63, 3.8) is 0 Å². The van der Waals surface area contributed by atoms with Crippen LogP contribution in [0.5, 0.6) is 5.75 Å². The summed E-state index contributed by atoms with van der Waals surface area (Å²) in [5.74, 6) is 1.23. The van der Waals surface area contributed by atoms with E-state index in [4.69, 9.17) is 14.2 Å². The zero-order valence-corrected chi connectivity index (χ0v) is 18.7. The van der Waals surface area contributed by atoms with Crippen molar-refractivity contribution in [3.05, 3.63) is 36.0 Å². The summed E-state index contributed by atoms with van der Waals surface area (Å²) in [6.07, 6.45) is 1.68. The Hall–Kier alpha value is -2.95. The van der Waals surface area contributed by atoms with E-state index < -0.39 is 0 Å². The van der Waals surface area contributed by atoms with Gasteiger partial charge >= 0.3 is 0 Å². The molecule has 0 atom stereocenters. The summed E-state index contributed by atoms with van der Waals surface area (Å²) in [4.78, 5) is 26.5. The molecule has 168 valence electrons. The van der Waals surface area contributed by atoms with Gasteiger partial charge in [0.05, 0.1) is 39.7 Å². The second-order valence-corrected chi connectivity index (χ2v) is 8.55. The van der Waals surface area contributed by atoms with Crippen molar-refractivity contribution < 1.29 is 19.0 Å². The third-order valence-electron chi connectivity index (χ3n) is 5.62. The first-order valence-electron chi connectivity index (χ1n) is 10.6. The highest BCUT2D eigenvalue weighted by Crippen LogP contribution is 2.38. The number of benzene rings is 1. The van der Waals surface area contributed by atoms with Crippen molar-refractivity contribution in [1.29, 1.82) is 0 Å². The fourth-order valence-electron chi connectivity index (χ4n) is 3.90. The van der Waals surface area contributed by atoms with Crippen LogP contribution in [-0.2, 0) is 9.47 Å². The van der Waals surface area contributed by atoms with Crippen LogP contribution in [0.3, 0.4) is 0 Å². The van der Waals surface area contributed by atoms with Crippen LogP contribution in [0.25, 0.3) is 10.2 Å². The lowest BCUT2D eigenvalue weighted by Crippen LogP contribution is -2.36. The van der Waals surface area contributed by atoms with Gasteiger partial charge < -0.3 is 24.0 Å². The summed E-state index contributed by atoms with van der Waals surface area (Å²) in [5.41, 5.74) is 2.38. The number of carbonyl (C=O) groups excluding carboxylic acids is 1. The van der Waals surface area contributed by atoms with E-state index in [2.05, 4.69) is 25.1 Å². The molecule has 1 N–H and O–H groups in total. The molecule has 0 spiro atoms. The number of nitrogens with one attached hydrogen (secondary N) is 1. The molecule has 0 bridgehead atoms. The minimum Gasteiger partial charge on any atom is -0.493 e. The van der Waals surface area contributed by atoms with Gasteiger partial charge in [-0.3, -0.25) is 10.1 Å². The Morgan fingerprint density at radius 1 is 1.03 bits per heavy atom. The van der Waals surface area contributed by atoms with Gasteiger partial charge in [0.1, 0.15) is 16.0 Å². The smallest absolute Gasteiger partial charge is 0.257 e. The Kier molecular flexibility index (Phi) is 6.06. The van der Waals surface area contributed by atoms with E-state index in [1.807, 2.05) is 24.3 Å². The fraction of sp³-hybridized carbons (Fsp3) is 0.409. The number of fused-ring (bicyclic) bond motifs is 1. The van der Waals surface area contributed by atoms with E-state index in [-0.39, 0.29) is 5.91 Å². The van der Waals surface area contributed by atoms with Crippen LogP contribution in [-0.4, -0.2) is 75.6 Å². The summed E-state index contributed by atoms with van der Waals surface area (Å²) in [6.45, 7) is 6.04. The van der Waals surface area contributed by atoms with Crippen LogP contribution >= 0.6 is 11.3 Å². The zero-order chi connectivity index (χ0) is 21.9. The van der Waals surface area contributed by atoms with Gasteiger partial charge in [-0.1, -0.05) is 11.3 Å². The van der Waals surface area contributed by atoms with Crippen molar-refractivity contribution in [3.8, 4) is 5.75 Å². The quantitative estimate of drug-likeness (QED) is 0.628. The molecular weight excluding hydrogens is 430 g/mol. The Labute approximate surface area is 189 Å². The predicted molar refractivity (Wildman–Crippen MR) is 124 cm³/mol. The molecule has 5 rings (SSSR count). The van der Waals surface area contributed by atoms with Gasteiger partial charge in [-0.05, 0) is 24.3 Å². The number of morpholine rings is 2. The topological polar surface area (TPSA) is 89.1 Å². The van der Waals surface area contributed by atoms with Gasteiger partial charge in [0.25, 0.3) is 5.91 Å². The fourth-order valence-corrected chi connectivity index (χ4v) is 4.89. The largest absolute Gasteiger partial charge is 0.493 e. The molecule has 2 aliphatic heterocycles. The van der Waals surface area contributed by atoms with Gasteiger partial charge in [-0.15, -0.1) is 0 Å². The van der Waals surface area contributed by atoms with E-state index in [0.717, 1.165) is 55.6 Å². The molecule has 2 aliphatic rings. The molecule has 2 fully saturated rings. The highest BCUT2D eigenvalue weighted by Gasteiger charge is 2.21. The second-order valence-electron chi connectivity index (χ2n) is 7.55. The molecule has 1 amide bonds. The molecule has 10 heteroatoms. The van der Waals surface area contributed by atoms with Crippen molar-refractivity contribution in [2.24, 2.45) is 0 Å². The molecule has 2 aromatic heterocycles. The molecule has 4 heterocycles. The third kappa shape index (κ3) is 4.21. The Morgan fingerprint density at radius 3 is 2.34 bits per heavy atom. The lowest BCUT2D eigenvalue weighted by atomic mass is 10.2. The Morgan fingerprint density at radius 2 is 1.69 bits per heavy atom. The number of carbonyl (C=O) groups is 1. The standard InChI is InChI=1S/C22H25N5O4S/c1-29-17-14-23-20(27-8-12-31-13-9-27)19-18(17)24-22(32-19)25-21(28)15-2-4-16(5-3-15)26-6-10-30-11-7-26/h2-5,14H,6-13H2,1H3,(H,24,25,28). The molecule has 3 aromatic rings. The number of methoxy groups -OCH3 is 1. The molecule has 9 nitrogen and oxygen atoms in total. The number of ether oxygens (including phenoxy) is 3. The number of amides is 1. The number of rotatable bonds is 5. The maximum Gasteiger partial charge on any atom is 0.257 e. The number of anilines is 3. The zero-order valence-electron chi connectivity index (χ0n) is 17.9. The molecule has 32 heavy (non-hydrogen) atoms. The first kappa shape index (κ1) is 20.9. The normalized spacial score (nSPS) is 16.9. The van der Waals surface area contributed by atoms with Gasteiger partial charge in [0.2, 0.25) is 0 Å². The number of aromatic nitrogens is 2. The first-order chi connectivity index (χ1) is 15.7. The van der Waals surface area contributed by atoms with Crippen molar-refractivity contribution >= 4 is 44.1 Å². The van der Waals surface area contributed by atoms with Crippen LogP contribution < -0.4 is 19.9 Å². The predicted octanol–water partition coefficient (Wildman–Crippen LogP) is 2.63. The van der Waals surface area contributed by atoms with Crippen molar-refractivity contribution in [1.82, 2.24) is 9.97 Å². The number of thiazole rings is 1. The Balaban J connectivity index is 1.37. The maximum absolute atomic E-state index is 12.9. The van der Waals surface area contributed by atoms with Crippen LogP contribution in [0.1, 0.15) is 10.4 Å². The number of nitrogens with zero attached hydrogens (tertiary/aromatic N) is 4. The van der Waals surface area contributed by atoms with E-state index >= 15 is 0 Å². The van der Waals surface area contributed by atoms with Crippen LogP contribution in [0.15, 0.2) is 30.5 Å². The summed E-state index contributed by atoms with van der Waals surface area (Å²) >= 11 is 1.41. The molecule has 2 saturated heterocycles. The minimum absolute atomic E-state index is 0.197. The highest BCUT2D eigenvalue weighted by molar-refractivity contribution is 7.23. The average molecular weight is 456 g/mol. The number of pyridine rings is 1. The average Bonchev–Trinajstić information content (AvgIpc) is 3.28. The van der Waals surface area contributed by atoms with Gasteiger partial charge in [0, 0.05) is 37.4 Å². The SMILES string of the molecule is COc1cnc(N2CCOCC2)c2sc(NC(=O)c3ccc(N4CCOCC4)cc3)nc12. The van der Waals surface area contributed by atoms with E-state index in [0.29, 0.717) is 35.2 Å². The van der Waals surface area contributed by atoms with Gasteiger partial charge in [-0.2, -0.15) is 0 Å². The lowest BCUT2D eigenvalue weighted by Gasteiger charge is -2.28. The summed E-state index contributed by atoms with van der Waals surface area (Å²) in [6, 6.07) is 7.63.